The van der Waals surface area contributed by atoms with Crippen molar-refractivity contribution in [1.29, 1.82) is 0 Å². The van der Waals surface area contributed by atoms with Gasteiger partial charge in [-0.15, -0.1) is 0 Å². The highest BCUT2D eigenvalue weighted by molar-refractivity contribution is 7.89. The molecule has 0 aromatic heterocycles. The molecule has 2 saturated carbocycles. The summed E-state index contributed by atoms with van der Waals surface area (Å²) in [7, 11) is -3.59. The van der Waals surface area contributed by atoms with Crippen molar-refractivity contribution in [3.8, 4) is 0 Å². The Morgan fingerprint density at radius 1 is 1.09 bits per heavy atom. The van der Waals surface area contributed by atoms with Crippen LogP contribution in [0.4, 0.5) is 0 Å². The van der Waals surface area contributed by atoms with Crippen molar-refractivity contribution in [2.75, 3.05) is 0 Å². The summed E-state index contributed by atoms with van der Waals surface area (Å²) in [6.45, 7) is 8.81. The molecule has 0 heterocycles. The van der Waals surface area contributed by atoms with Crippen molar-refractivity contribution in [3.63, 3.8) is 0 Å². The van der Waals surface area contributed by atoms with Crippen LogP contribution < -0.4 is 4.83 Å². The van der Waals surface area contributed by atoms with Gasteiger partial charge in [-0.25, -0.2) is 4.83 Å². The Bertz CT molecular complexity index is 735. The van der Waals surface area contributed by atoms with Gasteiger partial charge in [-0.3, -0.25) is 0 Å². The highest BCUT2D eigenvalue weighted by atomic mass is 32.2. The lowest BCUT2D eigenvalue weighted by Gasteiger charge is -2.31. The van der Waals surface area contributed by atoms with Crippen LogP contribution in [0, 0.1) is 23.7 Å². The first-order chi connectivity index (χ1) is 10.6. The summed E-state index contributed by atoms with van der Waals surface area (Å²) in [5.41, 5.74) is 2.53. The topological polar surface area (TPSA) is 58.5 Å². The summed E-state index contributed by atoms with van der Waals surface area (Å²) in [6, 6.07) is 6.84. The Hall–Kier alpha value is -1.36. The smallest absolute Gasteiger partial charge is 0.200 e. The fraction of sp³-hybridized carbons (Fsp3) is 0.611. The van der Waals surface area contributed by atoms with Crippen LogP contribution in [-0.2, 0) is 10.0 Å². The minimum atomic E-state index is -3.59. The molecule has 0 radical (unpaired) electrons. The molecule has 1 aromatic rings. The van der Waals surface area contributed by atoms with Gasteiger partial charge in [0.15, 0.2) is 0 Å². The van der Waals surface area contributed by atoms with Crippen molar-refractivity contribution in [1.82, 2.24) is 4.83 Å². The molecule has 126 valence electrons. The van der Waals surface area contributed by atoms with Crippen LogP contribution in [0.2, 0.25) is 0 Å². The normalized spacial score (nSPS) is 31.3. The fourth-order valence-corrected chi connectivity index (χ4v) is 5.37. The van der Waals surface area contributed by atoms with Gasteiger partial charge >= 0.3 is 0 Å². The summed E-state index contributed by atoms with van der Waals surface area (Å²) in [5.74, 6) is 0.371. The number of nitrogens with one attached hydrogen (secondary N) is 1. The zero-order valence-electron chi connectivity index (χ0n) is 14.4. The van der Waals surface area contributed by atoms with Crippen LogP contribution >= 0.6 is 0 Å². The van der Waals surface area contributed by atoms with E-state index < -0.39 is 10.0 Å². The molecule has 2 aliphatic carbocycles. The predicted molar refractivity (Wildman–Crippen MR) is 92.8 cm³/mol. The molecule has 23 heavy (non-hydrogen) atoms. The quantitative estimate of drug-likeness (QED) is 0.853. The molecule has 2 aliphatic rings. The van der Waals surface area contributed by atoms with Crippen LogP contribution in [0.3, 0.4) is 0 Å². The predicted octanol–water partition coefficient (Wildman–Crippen LogP) is 3.87. The van der Waals surface area contributed by atoms with E-state index in [1.807, 2.05) is 6.92 Å². The zero-order valence-corrected chi connectivity index (χ0v) is 15.2. The summed E-state index contributed by atoms with van der Waals surface area (Å²) in [6.07, 6.45) is 4.37. The summed E-state index contributed by atoms with van der Waals surface area (Å²) >= 11 is 0. The van der Waals surface area contributed by atoms with Crippen LogP contribution in [0.5, 0.6) is 0 Å². The van der Waals surface area contributed by atoms with E-state index in [0.29, 0.717) is 5.92 Å². The molecule has 0 bridgehead atoms. The van der Waals surface area contributed by atoms with Crippen molar-refractivity contribution >= 4 is 15.7 Å². The van der Waals surface area contributed by atoms with Crippen molar-refractivity contribution in [3.05, 3.63) is 29.8 Å². The van der Waals surface area contributed by atoms with Crippen LogP contribution in [0.25, 0.3) is 0 Å². The van der Waals surface area contributed by atoms with Crippen molar-refractivity contribution in [2.45, 2.75) is 58.3 Å². The van der Waals surface area contributed by atoms with E-state index in [1.54, 1.807) is 24.3 Å². The summed E-state index contributed by atoms with van der Waals surface area (Å²) < 4.78 is 24.8. The molecule has 1 aromatic carbocycles. The fourth-order valence-electron chi connectivity index (χ4n) is 4.53. The largest absolute Gasteiger partial charge is 0.276 e. The Kier molecular flexibility index (Phi) is 3.82. The third kappa shape index (κ3) is 2.91. The van der Waals surface area contributed by atoms with Gasteiger partial charge in [0.1, 0.15) is 0 Å². The van der Waals surface area contributed by atoms with Gasteiger partial charge in [0.2, 0.25) is 0 Å². The highest BCUT2D eigenvalue weighted by Gasteiger charge is 2.55. The Morgan fingerprint density at radius 2 is 1.74 bits per heavy atom. The van der Waals surface area contributed by atoms with Gasteiger partial charge in [-0.05, 0) is 55.6 Å². The molecule has 4 nitrogen and oxygen atoms in total. The molecular weight excluding hydrogens is 308 g/mol. The monoisotopic (exact) mass is 334 g/mol. The number of benzene rings is 1. The van der Waals surface area contributed by atoms with Crippen LogP contribution in [0.15, 0.2) is 34.3 Å². The Labute approximate surface area is 139 Å². The Balaban J connectivity index is 1.84. The maximum atomic E-state index is 12.4. The molecule has 0 saturated heterocycles. The third-order valence-corrected chi connectivity index (χ3v) is 6.97. The lowest BCUT2D eigenvalue weighted by Crippen LogP contribution is -2.31. The molecule has 3 rings (SSSR count). The number of aryl methyl sites for hydroxylation is 1. The number of fused-ring (bicyclic) bond motifs is 1. The van der Waals surface area contributed by atoms with Crippen LogP contribution in [0.1, 0.15) is 52.0 Å². The molecule has 0 amide bonds. The SMILES string of the molecule is Cc1ccc(S(=O)(=O)N/N=C2\CC[C@]3(C)CCC(C)(C)[C@H]23)cc1. The number of hydrogen-bond acceptors (Lipinski definition) is 3. The molecular formula is C18H26N2O2S. The van der Waals surface area contributed by atoms with E-state index >= 15 is 0 Å². The number of hydrazone groups is 1. The Morgan fingerprint density at radius 3 is 2.39 bits per heavy atom. The van der Waals surface area contributed by atoms with E-state index in [4.69, 9.17) is 0 Å². The number of sulfonamides is 1. The second kappa shape index (κ2) is 5.33. The first-order valence-electron chi connectivity index (χ1n) is 8.29. The lowest BCUT2D eigenvalue weighted by molar-refractivity contribution is 0.227. The lowest BCUT2D eigenvalue weighted by atomic mass is 9.73. The van der Waals surface area contributed by atoms with Gasteiger partial charge < -0.3 is 0 Å². The first-order valence-corrected chi connectivity index (χ1v) is 9.77. The van der Waals surface area contributed by atoms with E-state index in [1.165, 1.54) is 12.8 Å². The van der Waals surface area contributed by atoms with Gasteiger partial charge in [0, 0.05) is 11.6 Å². The second-order valence-corrected chi connectivity index (χ2v) is 9.75. The first kappa shape index (κ1) is 16.5. The number of hydrogen-bond donors (Lipinski definition) is 1. The third-order valence-electron chi connectivity index (χ3n) is 5.75. The average Bonchev–Trinajstić information content (AvgIpc) is 2.93. The van der Waals surface area contributed by atoms with Gasteiger partial charge in [0.05, 0.1) is 4.90 Å². The molecule has 0 unspecified atom stereocenters. The van der Waals surface area contributed by atoms with Crippen molar-refractivity contribution in [2.24, 2.45) is 21.8 Å². The minimum Gasteiger partial charge on any atom is -0.200 e. The maximum Gasteiger partial charge on any atom is 0.276 e. The van der Waals surface area contributed by atoms with E-state index in [0.717, 1.165) is 24.1 Å². The number of nitrogens with zero attached hydrogens (tertiary/aromatic N) is 1. The molecule has 0 aliphatic heterocycles. The summed E-state index contributed by atoms with van der Waals surface area (Å²) in [4.78, 5) is 2.73. The van der Waals surface area contributed by atoms with Crippen LogP contribution in [-0.4, -0.2) is 14.1 Å². The van der Waals surface area contributed by atoms with Gasteiger partial charge in [-0.2, -0.15) is 13.5 Å². The standard InChI is InChI=1S/C18H26N2O2S/c1-13-5-7-14(8-6-13)23(21,22)20-19-15-9-10-18(4)12-11-17(2,3)16(15)18/h5-8,16,20H,9-12H2,1-4H3/b19-15+/t16-,18+/m0/s1. The second-order valence-electron chi connectivity index (χ2n) is 8.09. The molecule has 2 atom stereocenters. The highest BCUT2D eigenvalue weighted by Crippen LogP contribution is 2.60. The average molecular weight is 334 g/mol. The van der Waals surface area contributed by atoms with E-state index in [-0.39, 0.29) is 15.7 Å². The molecule has 2 fully saturated rings. The van der Waals surface area contributed by atoms with E-state index in [9.17, 15) is 8.42 Å². The zero-order chi connectivity index (χ0) is 16.9. The van der Waals surface area contributed by atoms with E-state index in [2.05, 4.69) is 30.7 Å². The molecule has 0 spiro atoms. The maximum absolute atomic E-state index is 12.4. The van der Waals surface area contributed by atoms with Gasteiger partial charge in [-0.1, -0.05) is 38.5 Å². The number of rotatable bonds is 3. The minimum absolute atomic E-state index is 0.194. The summed E-state index contributed by atoms with van der Waals surface area (Å²) in [5, 5.41) is 4.36. The van der Waals surface area contributed by atoms with Crippen molar-refractivity contribution < 1.29 is 8.42 Å². The van der Waals surface area contributed by atoms with Gasteiger partial charge in [0.25, 0.3) is 10.0 Å². The molecule has 5 heteroatoms. The molecule has 1 N–H and O–H groups in total.